The normalized spacial score (nSPS) is 12.4. The maximum Gasteiger partial charge on any atom is 0.169 e. The summed E-state index contributed by atoms with van der Waals surface area (Å²) in [5, 5.41) is 4.23. The van der Waals surface area contributed by atoms with E-state index >= 15 is 0 Å². The fourth-order valence-electron chi connectivity index (χ4n) is 2.50. The Kier molecular flexibility index (Phi) is 6.27. The summed E-state index contributed by atoms with van der Waals surface area (Å²) < 4.78 is 0.858. The zero-order valence-corrected chi connectivity index (χ0v) is 16.0. The van der Waals surface area contributed by atoms with E-state index in [9.17, 15) is 4.79 Å². The van der Waals surface area contributed by atoms with Gasteiger partial charge in [0.1, 0.15) is 5.69 Å². The molecule has 1 atom stereocenters. The number of carbonyl (C=O) groups is 1. The van der Waals surface area contributed by atoms with Crippen molar-refractivity contribution in [2.75, 3.05) is 0 Å². The Morgan fingerprint density at radius 1 is 1.15 bits per heavy atom. The summed E-state index contributed by atoms with van der Waals surface area (Å²) in [6, 6.07) is 16.1. The van der Waals surface area contributed by atoms with Crippen LogP contribution >= 0.6 is 15.9 Å². The van der Waals surface area contributed by atoms with Gasteiger partial charge in [0.2, 0.25) is 0 Å². The van der Waals surface area contributed by atoms with Crippen LogP contribution in [0.2, 0.25) is 0 Å². The minimum Gasteiger partial charge on any atom is -0.380 e. The van der Waals surface area contributed by atoms with Gasteiger partial charge in [-0.2, -0.15) is 5.10 Å². The van der Waals surface area contributed by atoms with Gasteiger partial charge in [0, 0.05) is 35.0 Å². The van der Waals surface area contributed by atoms with Crippen molar-refractivity contribution in [2.24, 2.45) is 10.8 Å². The van der Waals surface area contributed by atoms with Crippen molar-refractivity contribution in [3.8, 4) is 0 Å². The van der Waals surface area contributed by atoms with E-state index in [2.05, 4.69) is 36.4 Å². The molecule has 2 heterocycles. The SMILES string of the molecule is N/C(=N\NC(CC(=O)c1cccc(Br)c1)c1cccnc1)c1ccccn1. The first-order valence-corrected chi connectivity index (χ1v) is 9.11. The molecule has 6 nitrogen and oxygen atoms in total. The van der Waals surface area contributed by atoms with Gasteiger partial charge in [0.15, 0.2) is 11.6 Å². The van der Waals surface area contributed by atoms with Gasteiger partial charge >= 0.3 is 0 Å². The van der Waals surface area contributed by atoms with E-state index in [0.29, 0.717) is 11.3 Å². The first kappa shape index (κ1) is 18.7. The molecule has 3 aromatic rings. The van der Waals surface area contributed by atoms with Crippen LogP contribution in [0.15, 0.2) is 82.8 Å². The summed E-state index contributed by atoms with van der Waals surface area (Å²) in [6.45, 7) is 0. The Bertz CT molecular complexity index is 931. The minimum atomic E-state index is -0.368. The molecular formula is C20H18BrN5O. The number of rotatable bonds is 7. The molecule has 1 unspecified atom stereocenters. The van der Waals surface area contributed by atoms with E-state index in [1.165, 1.54) is 0 Å². The van der Waals surface area contributed by atoms with E-state index in [4.69, 9.17) is 5.73 Å². The van der Waals surface area contributed by atoms with Gasteiger partial charge in [-0.25, -0.2) is 0 Å². The number of nitrogens with two attached hydrogens (primary N) is 1. The smallest absolute Gasteiger partial charge is 0.169 e. The fraction of sp³-hybridized carbons (Fsp3) is 0.100. The molecule has 0 aliphatic heterocycles. The van der Waals surface area contributed by atoms with Gasteiger partial charge in [-0.15, -0.1) is 0 Å². The number of amidine groups is 1. The van der Waals surface area contributed by atoms with Crippen LogP contribution in [-0.4, -0.2) is 21.6 Å². The molecule has 7 heteroatoms. The zero-order chi connectivity index (χ0) is 19.1. The molecule has 27 heavy (non-hydrogen) atoms. The number of pyridine rings is 2. The predicted molar refractivity (Wildman–Crippen MR) is 108 cm³/mol. The number of hydrogen-bond acceptors (Lipinski definition) is 5. The van der Waals surface area contributed by atoms with E-state index in [1.807, 2.05) is 30.3 Å². The van der Waals surface area contributed by atoms with Gasteiger partial charge in [-0.3, -0.25) is 20.2 Å². The van der Waals surface area contributed by atoms with Crippen molar-refractivity contribution in [2.45, 2.75) is 12.5 Å². The van der Waals surface area contributed by atoms with E-state index in [1.54, 1.807) is 42.9 Å². The highest BCUT2D eigenvalue weighted by Crippen LogP contribution is 2.20. The van der Waals surface area contributed by atoms with Crippen LogP contribution in [-0.2, 0) is 0 Å². The lowest BCUT2D eigenvalue weighted by Gasteiger charge is -2.17. The second-order valence-corrected chi connectivity index (χ2v) is 6.73. The Balaban J connectivity index is 1.80. The average Bonchev–Trinajstić information content (AvgIpc) is 2.72. The number of benzene rings is 1. The highest BCUT2D eigenvalue weighted by atomic mass is 79.9. The largest absolute Gasteiger partial charge is 0.380 e. The molecular weight excluding hydrogens is 406 g/mol. The number of nitrogens with zero attached hydrogens (tertiary/aromatic N) is 3. The van der Waals surface area contributed by atoms with Crippen LogP contribution < -0.4 is 11.2 Å². The number of hydrogen-bond donors (Lipinski definition) is 2. The standard InChI is InChI=1S/C20H18BrN5O/c21-16-7-3-5-14(11-16)19(27)12-18(15-6-4-9-23-13-15)25-26-20(22)17-8-1-2-10-24-17/h1-11,13,18,25H,12H2,(H2,22,26). The number of ketones is 1. The Morgan fingerprint density at radius 3 is 2.74 bits per heavy atom. The molecule has 0 aliphatic rings. The lowest BCUT2D eigenvalue weighted by atomic mass is 9.99. The van der Waals surface area contributed by atoms with Crippen LogP contribution in [0.3, 0.4) is 0 Å². The van der Waals surface area contributed by atoms with Crippen LogP contribution in [0.25, 0.3) is 0 Å². The maximum absolute atomic E-state index is 12.7. The van der Waals surface area contributed by atoms with Gasteiger partial charge in [-0.05, 0) is 35.9 Å². The molecule has 3 rings (SSSR count). The van der Waals surface area contributed by atoms with E-state index < -0.39 is 0 Å². The first-order chi connectivity index (χ1) is 13.1. The number of halogens is 1. The Hall–Kier alpha value is -3.06. The van der Waals surface area contributed by atoms with Crippen molar-refractivity contribution in [3.63, 3.8) is 0 Å². The number of aromatic nitrogens is 2. The number of Topliss-reactive ketones (excluding diaryl/α,β-unsaturated/α-hetero) is 1. The molecule has 2 aromatic heterocycles. The van der Waals surface area contributed by atoms with Gasteiger partial charge < -0.3 is 5.73 Å². The zero-order valence-electron chi connectivity index (χ0n) is 14.4. The molecule has 1 aromatic carbocycles. The second kappa shape index (κ2) is 9.05. The van der Waals surface area contributed by atoms with Gasteiger partial charge in [0.25, 0.3) is 0 Å². The Labute approximate surface area is 165 Å². The molecule has 0 fully saturated rings. The lowest BCUT2D eigenvalue weighted by molar-refractivity contribution is 0.0968. The summed E-state index contributed by atoms with van der Waals surface area (Å²) in [5.74, 6) is 0.239. The summed E-state index contributed by atoms with van der Waals surface area (Å²) in [6.07, 6.45) is 5.24. The fourth-order valence-corrected chi connectivity index (χ4v) is 2.90. The monoisotopic (exact) mass is 423 g/mol. The number of hydrazone groups is 1. The van der Waals surface area contributed by atoms with Crippen molar-refractivity contribution in [1.82, 2.24) is 15.4 Å². The molecule has 0 aliphatic carbocycles. The van der Waals surface area contributed by atoms with E-state index in [-0.39, 0.29) is 24.1 Å². The lowest BCUT2D eigenvalue weighted by Crippen LogP contribution is -2.25. The van der Waals surface area contributed by atoms with Gasteiger partial charge in [0.05, 0.1) is 6.04 Å². The highest BCUT2D eigenvalue weighted by Gasteiger charge is 2.17. The molecule has 0 saturated heterocycles. The van der Waals surface area contributed by atoms with Gasteiger partial charge in [-0.1, -0.05) is 40.2 Å². The highest BCUT2D eigenvalue weighted by molar-refractivity contribution is 9.10. The first-order valence-electron chi connectivity index (χ1n) is 8.32. The van der Waals surface area contributed by atoms with Crippen LogP contribution in [0.5, 0.6) is 0 Å². The third-order valence-corrected chi connectivity index (χ3v) is 4.38. The summed E-state index contributed by atoms with van der Waals surface area (Å²) in [4.78, 5) is 21.0. The molecule has 136 valence electrons. The van der Waals surface area contributed by atoms with Crippen LogP contribution in [0.4, 0.5) is 0 Å². The van der Waals surface area contributed by atoms with Crippen molar-refractivity contribution in [3.05, 3.63) is 94.5 Å². The van der Waals surface area contributed by atoms with Crippen molar-refractivity contribution in [1.29, 1.82) is 0 Å². The minimum absolute atomic E-state index is 0.00994. The molecule has 0 saturated carbocycles. The third kappa shape index (κ3) is 5.21. The Morgan fingerprint density at radius 2 is 2.04 bits per heavy atom. The van der Waals surface area contributed by atoms with Crippen molar-refractivity contribution < 1.29 is 4.79 Å². The molecule has 0 amide bonds. The maximum atomic E-state index is 12.7. The summed E-state index contributed by atoms with van der Waals surface area (Å²) >= 11 is 3.39. The van der Waals surface area contributed by atoms with Crippen LogP contribution in [0, 0.1) is 0 Å². The second-order valence-electron chi connectivity index (χ2n) is 5.82. The average molecular weight is 424 g/mol. The number of carbonyl (C=O) groups excluding carboxylic acids is 1. The molecule has 3 N–H and O–H groups in total. The predicted octanol–water partition coefficient (Wildman–Crippen LogP) is 3.46. The van der Waals surface area contributed by atoms with Crippen molar-refractivity contribution >= 4 is 27.5 Å². The summed E-state index contributed by atoms with van der Waals surface area (Å²) in [7, 11) is 0. The number of nitrogens with one attached hydrogen (secondary N) is 1. The summed E-state index contributed by atoms with van der Waals surface area (Å²) in [5.41, 5.74) is 11.0. The molecule has 0 spiro atoms. The third-order valence-electron chi connectivity index (χ3n) is 3.89. The quantitative estimate of drug-likeness (QED) is 0.262. The van der Waals surface area contributed by atoms with E-state index in [0.717, 1.165) is 10.0 Å². The molecule has 0 radical (unpaired) electrons. The van der Waals surface area contributed by atoms with Crippen LogP contribution in [0.1, 0.15) is 34.1 Å². The topological polar surface area (TPSA) is 93.3 Å². The molecule has 0 bridgehead atoms.